The van der Waals surface area contributed by atoms with Gasteiger partial charge in [-0.3, -0.25) is 0 Å². The van der Waals surface area contributed by atoms with Gasteiger partial charge in [0.1, 0.15) is 5.75 Å². The Labute approximate surface area is 131 Å². The molecule has 3 rings (SSSR count). The molecule has 2 heterocycles. The highest BCUT2D eigenvalue weighted by Gasteiger charge is 2.25. The van der Waals surface area contributed by atoms with E-state index in [0.29, 0.717) is 17.4 Å². The van der Waals surface area contributed by atoms with Crippen molar-refractivity contribution in [1.29, 1.82) is 0 Å². The molecule has 8 heteroatoms. The van der Waals surface area contributed by atoms with Crippen molar-refractivity contribution in [2.24, 2.45) is 5.10 Å². The Bertz CT molecular complexity index is 724. The number of rotatable bonds is 4. The van der Waals surface area contributed by atoms with Crippen molar-refractivity contribution in [2.45, 2.75) is 11.9 Å². The molecule has 0 radical (unpaired) electrons. The number of benzene rings is 1. The summed E-state index contributed by atoms with van der Waals surface area (Å²) >= 11 is 1.46. The highest BCUT2D eigenvalue weighted by atomic mass is 32.2. The first-order valence-corrected chi connectivity index (χ1v) is 7.69. The van der Waals surface area contributed by atoms with E-state index >= 15 is 0 Å². The smallest absolute Gasteiger partial charge is 0.361 e. The number of aromatic nitrogens is 3. The number of ether oxygens (including phenoxy) is 2. The molecule has 0 atom stereocenters. The van der Waals surface area contributed by atoms with Crippen molar-refractivity contribution >= 4 is 23.4 Å². The van der Waals surface area contributed by atoms with Gasteiger partial charge in [-0.15, -0.1) is 9.89 Å². The number of hydrogen-bond acceptors (Lipinski definition) is 7. The van der Waals surface area contributed by atoms with Gasteiger partial charge in [0.2, 0.25) is 5.69 Å². The van der Waals surface area contributed by atoms with E-state index in [-0.39, 0.29) is 5.69 Å². The van der Waals surface area contributed by atoms with Crippen LogP contribution >= 0.6 is 11.8 Å². The van der Waals surface area contributed by atoms with Crippen LogP contribution in [-0.2, 0) is 4.74 Å². The van der Waals surface area contributed by atoms with Gasteiger partial charge in [0.25, 0.3) is 0 Å². The van der Waals surface area contributed by atoms with E-state index in [1.165, 1.54) is 16.6 Å². The minimum Gasteiger partial charge on any atom is -0.497 e. The quantitative estimate of drug-likeness (QED) is 0.800. The first-order chi connectivity index (χ1) is 10.7. The van der Waals surface area contributed by atoms with Crippen molar-refractivity contribution in [1.82, 2.24) is 15.1 Å². The highest BCUT2D eigenvalue weighted by molar-refractivity contribution is 8.00. The van der Waals surface area contributed by atoms with Crippen molar-refractivity contribution in [2.75, 3.05) is 19.5 Å². The zero-order valence-corrected chi connectivity index (χ0v) is 13.0. The van der Waals surface area contributed by atoms with E-state index in [0.717, 1.165) is 17.0 Å². The number of carbonyl (C=O) groups excluding carboxylic acids is 1. The third kappa shape index (κ3) is 2.69. The van der Waals surface area contributed by atoms with Gasteiger partial charge in [0, 0.05) is 5.75 Å². The molecule has 1 aromatic carbocycles. The van der Waals surface area contributed by atoms with Gasteiger partial charge in [-0.2, -0.15) is 5.10 Å². The lowest BCUT2D eigenvalue weighted by Gasteiger charge is -2.13. The number of methoxy groups -OCH3 is 1. The number of nitrogens with zero attached hydrogens (tertiary/aromatic N) is 4. The second-order valence-corrected chi connectivity index (χ2v) is 5.38. The molecule has 0 N–H and O–H groups in total. The molecule has 1 aliphatic rings. The molecule has 1 aliphatic heterocycles. The van der Waals surface area contributed by atoms with Crippen LogP contribution in [0, 0.1) is 0 Å². The van der Waals surface area contributed by atoms with E-state index in [9.17, 15) is 4.79 Å². The molecule has 0 amide bonds. The third-order valence-electron chi connectivity index (χ3n) is 3.07. The van der Waals surface area contributed by atoms with Crippen LogP contribution in [0.3, 0.4) is 0 Å². The van der Waals surface area contributed by atoms with Crippen LogP contribution in [0.4, 0.5) is 0 Å². The van der Waals surface area contributed by atoms with Crippen molar-refractivity contribution < 1.29 is 14.3 Å². The number of fused-ring (bicyclic) bond motifs is 1. The Morgan fingerprint density at radius 1 is 1.36 bits per heavy atom. The van der Waals surface area contributed by atoms with Crippen LogP contribution in [0.25, 0.3) is 0 Å². The maximum Gasteiger partial charge on any atom is 0.361 e. The summed E-state index contributed by atoms with van der Waals surface area (Å²) in [7, 11) is 1.63. The number of carbonyl (C=O) groups is 1. The average Bonchev–Trinajstić information content (AvgIpc) is 2.98. The van der Waals surface area contributed by atoms with E-state index in [1.54, 1.807) is 14.0 Å². The van der Waals surface area contributed by atoms with Gasteiger partial charge >= 0.3 is 5.97 Å². The summed E-state index contributed by atoms with van der Waals surface area (Å²) < 4.78 is 10.1. The predicted octanol–water partition coefficient (Wildman–Crippen LogP) is 1.82. The lowest BCUT2D eigenvalue weighted by Crippen LogP contribution is -2.15. The van der Waals surface area contributed by atoms with Crippen molar-refractivity contribution in [3.63, 3.8) is 0 Å². The molecule has 7 nitrogen and oxygen atoms in total. The number of hydrogen-bond donors (Lipinski definition) is 0. The van der Waals surface area contributed by atoms with Gasteiger partial charge in [-0.1, -0.05) is 11.8 Å². The first kappa shape index (κ1) is 14.6. The van der Waals surface area contributed by atoms with Crippen LogP contribution in [0.5, 0.6) is 5.75 Å². The maximum atomic E-state index is 11.8. The second-order valence-electron chi connectivity index (χ2n) is 4.42. The Morgan fingerprint density at radius 2 is 2.14 bits per heavy atom. The molecule has 0 aliphatic carbocycles. The van der Waals surface area contributed by atoms with Gasteiger partial charge in [0.05, 0.1) is 19.4 Å². The minimum absolute atomic E-state index is 0.212. The van der Waals surface area contributed by atoms with Crippen LogP contribution in [0.15, 0.2) is 34.4 Å². The van der Waals surface area contributed by atoms with Crippen LogP contribution in [-0.4, -0.2) is 46.3 Å². The van der Waals surface area contributed by atoms with E-state index < -0.39 is 5.97 Å². The van der Waals surface area contributed by atoms with Gasteiger partial charge in [-0.05, 0) is 42.0 Å². The molecule has 0 saturated carbocycles. The summed E-state index contributed by atoms with van der Waals surface area (Å²) in [4.78, 5) is 13.2. The molecule has 0 unspecified atom stereocenters. The fourth-order valence-electron chi connectivity index (χ4n) is 1.99. The van der Waals surface area contributed by atoms with Crippen LogP contribution in [0.2, 0.25) is 0 Å². The molecular weight excluding hydrogens is 304 g/mol. The Kier molecular flexibility index (Phi) is 4.10. The van der Waals surface area contributed by atoms with Gasteiger partial charge in [0.15, 0.2) is 5.03 Å². The standard InChI is InChI=1S/C14H14N4O3S/c1-3-21-14(19)12-13-18(17-15-12)16-11(8-22-13)9-4-6-10(20-2)7-5-9/h4-7H,3,8H2,1-2H3. The topological polar surface area (TPSA) is 78.6 Å². The molecule has 0 fully saturated rings. The minimum atomic E-state index is -0.473. The summed E-state index contributed by atoms with van der Waals surface area (Å²) in [6.07, 6.45) is 0. The number of esters is 1. The normalized spacial score (nSPS) is 13.3. The summed E-state index contributed by atoms with van der Waals surface area (Å²) in [5, 5.41) is 12.8. The molecule has 2 aromatic rings. The summed E-state index contributed by atoms with van der Waals surface area (Å²) in [5.41, 5.74) is 2.05. The SMILES string of the molecule is CCOC(=O)c1nnn2c1SCC(c1ccc(OC)cc1)=N2. The zero-order valence-electron chi connectivity index (χ0n) is 12.1. The number of thioether (sulfide) groups is 1. The van der Waals surface area contributed by atoms with Crippen LogP contribution < -0.4 is 4.74 Å². The summed E-state index contributed by atoms with van der Waals surface area (Å²) in [6.45, 7) is 2.05. The highest BCUT2D eigenvalue weighted by Crippen LogP contribution is 2.27. The largest absolute Gasteiger partial charge is 0.497 e. The van der Waals surface area contributed by atoms with Crippen molar-refractivity contribution in [3.8, 4) is 5.75 Å². The molecule has 1 aromatic heterocycles. The molecule has 114 valence electrons. The lowest BCUT2D eigenvalue weighted by molar-refractivity contribution is 0.0515. The summed E-state index contributed by atoms with van der Waals surface area (Å²) in [5.74, 6) is 0.949. The predicted molar refractivity (Wildman–Crippen MR) is 81.6 cm³/mol. The Morgan fingerprint density at radius 3 is 2.82 bits per heavy atom. The van der Waals surface area contributed by atoms with Crippen LogP contribution in [0.1, 0.15) is 23.0 Å². The van der Waals surface area contributed by atoms with Gasteiger partial charge in [-0.25, -0.2) is 4.79 Å². The molecule has 22 heavy (non-hydrogen) atoms. The molecule has 0 bridgehead atoms. The molecule has 0 saturated heterocycles. The summed E-state index contributed by atoms with van der Waals surface area (Å²) in [6, 6.07) is 7.63. The fourth-order valence-corrected chi connectivity index (χ4v) is 2.94. The Hall–Kier alpha value is -2.35. The van der Waals surface area contributed by atoms with Gasteiger partial charge < -0.3 is 9.47 Å². The van der Waals surface area contributed by atoms with E-state index in [4.69, 9.17) is 9.47 Å². The third-order valence-corrected chi connectivity index (χ3v) is 4.11. The maximum absolute atomic E-state index is 11.8. The van der Waals surface area contributed by atoms with E-state index in [1.807, 2.05) is 24.3 Å². The first-order valence-electron chi connectivity index (χ1n) is 6.70. The monoisotopic (exact) mass is 318 g/mol. The average molecular weight is 318 g/mol. The lowest BCUT2D eigenvalue weighted by atomic mass is 10.1. The molecule has 0 spiro atoms. The van der Waals surface area contributed by atoms with E-state index in [2.05, 4.69) is 15.4 Å². The molecular formula is C14H14N4O3S. The Balaban J connectivity index is 1.89. The fraction of sp³-hybridized carbons (Fsp3) is 0.286. The van der Waals surface area contributed by atoms with Crippen molar-refractivity contribution in [3.05, 3.63) is 35.5 Å². The zero-order chi connectivity index (χ0) is 15.5. The second kappa shape index (κ2) is 6.18.